The fraction of sp³-hybridized carbons (Fsp3) is 0.333. The van der Waals surface area contributed by atoms with E-state index in [0.717, 1.165) is 11.1 Å². The van der Waals surface area contributed by atoms with Crippen molar-refractivity contribution in [3.63, 3.8) is 0 Å². The summed E-state index contributed by atoms with van der Waals surface area (Å²) in [5, 5.41) is 0. The third-order valence-electron chi connectivity index (χ3n) is 1.82. The van der Waals surface area contributed by atoms with Crippen LogP contribution in [0.1, 0.15) is 11.1 Å². The second-order valence-electron chi connectivity index (χ2n) is 2.89. The Balaban J connectivity index is 2.33. The van der Waals surface area contributed by atoms with Crippen molar-refractivity contribution < 1.29 is 9.47 Å². The molecule has 0 aromatic heterocycles. The minimum absolute atomic E-state index is 0.605. The quantitative estimate of drug-likeness (QED) is 0.521. The van der Waals surface area contributed by atoms with E-state index < -0.39 is 0 Å². The summed E-state index contributed by atoms with van der Waals surface area (Å²) >= 11 is 0. The molecule has 0 N–H and O–H groups in total. The first-order valence-electron chi connectivity index (χ1n) is 4.49. The monoisotopic (exact) mass is 190 g/mol. The Morgan fingerprint density at radius 2 is 1.93 bits per heavy atom. The van der Waals surface area contributed by atoms with Crippen molar-refractivity contribution in [1.82, 2.24) is 0 Å². The van der Waals surface area contributed by atoms with Gasteiger partial charge in [-0.3, -0.25) is 0 Å². The Morgan fingerprint density at radius 3 is 2.50 bits per heavy atom. The number of hydrogen-bond donors (Lipinski definition) is 0. The maximum Gasteiger partial charge on any atom is 0.0718 e. The van der Waals surface area contributed by atoms with Crippen LogP contribution in [0.3, 0.4) is 0 Å². The van der Waals surface area contributed by atoms with Crippen LogP contribution in [0.4, 0.5) is 0 Å². The molecule has 1 aromatic rings. The molecule has 0 amide bonds. The van der Waals surface area contributed by atoms with Gasteiger partial charge in [0.1, 0.15) is 0 Å². The van der Waals surface area contributed by atoms with Gasteiger partial charge < -0.3 is 9.47 Å². The standard InChI is InChI=1S/C12H14O2/c1-3-11-4-6-12(7-5-11)10-14-9-8-13-2/h1,4-7H,8-10H2,2H3. The van der Waals surface area contributed by atoms with Gasteiger partial charge in [-0.15, -0.1) is 6.42 Å². The average molecular weight is 190 g/mol. The van der Waals surface area contributed by atoms with E-state index in [1.54, 1.807) is 7.11 Å². The minimum Gasteiger partial charge on any atom is -0.382 e. The minimum atomic E-state index is 0.605. The summed E-state index contributed by atoms with van der Waals surface area (Å²) in [5.41, 5.74) is 2.02. The van der Waals surface area contributed by atoms with Crippen molar-refractivity contribution >= 4 is 0 Å². The van der Waals surface area contributed by atoms with Gasteiger partial charge in [0.15, 0.2) is 0 Å². The molecule has 0 unspecified atom stereocenters. The zero-order chi connectivity index (χ0) is 10.2. The summed E-state index contributed by atoms with van der Waals surface area (Å²) in [4.78, 5) is 0. The summed E-state index contributed by atoms with van der Waals surface area (Å²) in [6, 6.07) is 7.77. The van der Waals surface area contributed by atoms with Crippen LogP contribution in [0.15, 0.2) is 24.3 Å². The van der Waals surface area contributed by atoms with Crippen molar-refractivity contribution in [1.29, 1.82) is 0 Å². The lowest BCUT2D eigenvalue weighted by molar-refractivity contribution is 0.0616. The molecule has 0 saturated heterocycles. The lowest BCUT2D eigenvalue weighted by atomic mass is 10.1. The molecule has 0 heterocycles. The van der Waals surface area contributed by atoms with E-state index >= 15 is 0 Å². The van der Waals surface area contributed by atoms with Crippen LogP contribution in [-0.2, 0) is 16.1 Å². The highest BCUT2D eigenvalue weighted by molar-refractivity contribution is 5.33. The zero-order valence-corrected chi connectivity index (χ0v) is 8.32. The van der Waals surface area contributed by atoms with Gasteiger partial charge in [-0.25, -0.2) is 0 Å². The van der Waals surface area contributed by atoms with Crippen LogP contribution in [0.5, 0.6) is 0 Å². The number of hydrogen-bond acceptors (Lipinski definition) is 2. The Bertz CT molecular complexity index is 295. The SMILES string of the molecule is C#Cc1ccc(COCCOC)cc1. The Labute approximate surface area is 84.8 Å². The molecule has 0 spiro atoms. The molecular formula is C12H14O2. The molecule has 0 aliphatic carbocycles. The first-order valence-corrected chi connectivity index (χ1v) is 4.49. The summed E-state index contributed by atoms with van der Waals surface area (Å²) < 4.78 is 10.2. The summed E-state index contributed by atoms with van der Waals surface area (Å²) in [5.74, 6) is 2.57. The predicted octanol–water partition coefficient (Wildman–Crippen LogP) is 1.83. The molecule has 0 fully saturated rings. The first kappa shape index (κ1) is 10.8. The molecule has 1 rings (SSSR count). The van der Waals surface area contributed by atoms with Gasteiger partial charge in [-0.2, -0.15) is 0 Å². The molecule has 0 aliphatic rings. The van der Waals surface area contributed by atoms with Crippen LogP contribution in [0.25, 0.3) is 0 Å². The second-order valence-corrected chi connectivity index (χ2v) is 2.89. The molecule has 2 nitrogen and oxygen atoms in total. The highest BCUT2D eigenvalue weighted by Gasteiger charge is 1.93. The Hall–Kier alpha value is -1.30. The van der Waals surface area contributed by atoms with Gasteiger partial charge in [-0.05, 0) is 17.7 Å². The third kappa shape index (κ3) is 3.61. The number of terminal acetylenes is 1. The van der Waals surface area contributed by atoms with Crippen molar-refractivity contribution in [2.75, 3.05) is 20.3 Å². The second kappa shape index (κ2) is 6.20. The van der Waals surface area contributed by atoms with E-state index in [0.29, 0.717) is 19.8 Å². The van der Waals surface area contributed by atoms with Crippen molar-refractivity contribution in [2.45, 2.75) is 6.61 Å². The molecule has 0 atom stereocenters. The van der Waals surface area contributed by atoms with E-state index in [2.05, 4.69) is 5.92 Å². The van der Waals surface area contributed by atoms with Crippen LogP contribution in [0, 0.1) is 12.3 Å². The molecule has 0 radical (unpaired) electrons. The van der Waals surface area contributed by atoms with E-state index in [9.17, 15) is 0 Å². The van der Waals surface area contributed by atoms with Crippen molar-refractivity contribution in [3.8, 4) is 12.3 Å². The maximum absolute atomic E-state index is 5.36. The highest BCUT2D eigenvalue weighted by Crippen LogP contribution is 2.04. The van der Waals surface area contributed by atoms with E-state index in [4.69, 9.17) is 15.9 Å². The fourth-order valence-electron chi connectivity index (χ4n) is 1.03. The fourth-order valence-corrected chi connectivity index (χ4v) is 1.03. The summed E-state index contributed by atoms with van der Waals surface area (Å²) in [6.45, 7) is 1.85. The number of ether oxygens (including phenoxy) is 2. The van der Waals surface area contributed by atoms with Gasteiger partial charge >= 0.3 is 0 Å². The number of methoxy groups -OCH3 is 1. The number of rotatable bonds is 5. The molecule has 0 saturated carbocycles. The molecular weight excluding hydrogens is 176 g/mol. The van der Waals surface area contributed by atoms with Gasteiger partial charge in [0.2, 0.25) is 0 Å². The van der Waals surface area contributed by atoms with E-state index in [-0.39, 0.29) is 0 Å². The van der Waals surface area contributed by atoms with Crippen LogP contribution < -0.4 is 0 Å². The molecule has 0 bridgehead atoms. The van der Waals surface area contributed by atoms with Crippen LogP contribution in [0.2, 0.25) is 0 Å². The first-order chi connectivity index (χ1) is 6.86. The predicted molar refractivity (Wildman–Crippen MR) is 55.9 cm³/mol. The molecule has 14 heavy (non-hydrogen) atoms. The largest absolute Gasteiger partial charge is 0.382 e. The Kier molecular flexibility index (Phi) is 4.77. The van der Waals surface area contributed by atoms with E-state index in [1.165, 1.54) is 0 Å². The van der Waals surface area contributed by atoms with E-state index in [1.807, 2.05) is 24.3 Å². The van der Waals surface area contributed by atoms with Gasteiger partial charge in [0.05, 0.1) is 19.8 Å². The number of benzene rings is 1. The smallest absolute Gasteiger partial charge is 0.0718 e. The molecule has 74 valence electrons. The molecule has 2 heteroatoms. The topological polar surface area (TPSA) is 18.5 Å². The van der Waals surface area contributed by atoms with Gasteiger partial charge in [-0.1, -0.05) is 18.1 Å². The van der Waals surface area contributed by atoms with Gasteiger partial charge in [0.25, 0.3) is 0 Å². The molecule has 1 aromatic carbocycles. The normalized spacial score (nSPS) is 9.71. The average Bonchev–Trinajstić information content (AvgIpc) is 2.25. The molecule has 0 aliphatic heterocycles. The third-order valence-corrected chi connectivity index (χ3v) is 1.82. The lowest BCUT2D eigenvalue weighted by Crippen LogP contribution is -2.01. The van der Waals surface area contributed by atoms with Crippen LogP contribution >= 0.6 is 0 Å². The maximum atomic E-state index is 5.36. The zero-order valence-electron chi connectivity index (χ0n) is 8.32. The highest BCUT2D eigenvalue weighted by atomic mass is 16.5. The Morgan fingerprint density at radius 1 is 1.21 bits per heavy atom. The lowest BCUT2D eigenvalue weighted by Gasteiger charge is -2.03. The van der Waals surface area contributed by atoms with Crippen molar-refractivity contribution in [3.05, 3.63) is 35.4 Å². The summed E-state index contributed by atoms with van der Waals surface area (Å²) in [7, 11) is 1.66. The van der Waals surface area contributed by atoms with Crippen molar-refractivity contribution in [2.24, 2.45) is 0 Å². The summed E-state index contributed by atoms with van der Waals surface area (Å²) in [6.07, 6.45) is 5.24. The van der Waals surface area contributed by atoms with Crippen LogP contribution in [-0.4, -0.2) is 20.3 Å². The van der Waals surface area contributed by atoms with Gasteiger partial charge in [0, 0.05) is 12.7 Å².